The molecule has 0 aliphatic rings. The average molecular weight is 141 g/mol. The molecular formula is C8H15NO. The van der Waals surface area contributed by atoms with Gasteiger partial charge in [-0.05, 0) is 31.4 Å². The molecule has 0 heterocycles. The standard InChI is InChI=1S/C8H15NO/c1-6(4-5-9)7(2)8(3)10/h6H,2,4-5,9H2,1,3H3. The third-order valence-corrected chi connectivity index (χ3v) is 1.65. The summed E-state index contributed by atoms with van der Waals surface area (Å²) < 4.78 is 0. The fourth-order valence-corrected chi connectivity index (χ4v) is 0.771. The van der Waals surface area contributed by atoms with E-state index in [-0.39, 0.29) is 11.7 Å². The van der Waals surface area contributed by atoms with Crippen molar-refractivity contribution in [1.29, 1.82) is 0 Å². The molecule has 0 aliphatic heterocycles. The Bertz CT molecular complexity index is 140. The van der Waals surface area contributed by atoms with E-state index in [0.717, 1.165) is 6.42 Å². The number of carbonyl (C=O) groups is 1. The van der Waals surface area contributed by atoms with Crippen molar-refractivity contribution in [3.8, 4) is 0 Å². The highest BCUT2D eigenvalue weighted by Gasteiger charge is 2.08. The minimum atomic E-state index is 0.0703. The maximum Gasteiger partial charge on any atom is 0.155 e. The van der Waals surface area contributed by atoms with E-state index in [0.29, 0.717) is 12.1 Å². The van der Waals surface area contributed by atoms with Crippen LogP contribution in [0, 0.1) is 5.92 Å². The molecule has 0 fully saturated rings. The summed E-state index contributed by atoms with van der Waals surface area (Å²) >= 11 is 0. The third-order valence-electron chi connectivity index (χ3n) is 1.65. The van der Waals surface area contributed by atoms with Crippen LogP contribution in [-0.4, -0.2) is 12.3 Å². The summed E-state index contributed by atoms with van der Waals surface area (Å²) in [6.45, 7) is 7.79. The van der Waals surface area contributed by atoms with E-state index in [9.17, 15) is 4.79 Å². The van der Waals surface area contributed by atoms with Gasteiger partial charge in [0.05, 0.1) is 0 Å². The molecule has 0 aromatic carbocycles. The monoisotopic (exact) mass is 141 g/mol. The lowest BCUT2D eigenvalue weighted by atomic mass is 9.96. The van der Waals surface area contributed by atoms with Gasteiger partial charge in [0.2, 0.25) is 0 Å². The van der Waals surface area contributed by atoms with E-state index in [1.54, 1.807) is 0 Å². The number of Topliss-reactive ketones (excluding diaryl/α,β-unsaturated/α-hetero) is 1. The molecule has 0 saturated heterocycles. The molecule has 0 bridgehead atoms. The molecule has 2 heteroatoms. The summed E-state index contributed by atoms with van der Waals surface area (Å²) in [6.07, 6.45) is 0.846. The van der Waals surface area contributed by atoms with Gasteiger partial charge in [-0.2, -0.15) is 0 Å². The largest absolute Gasteiger partial charge is 0.330 e. The third kappa shape index (κ3) is 2.78. The van der Waals surface area contributed by atoms with Gasteiger partial charge in [-0.15, -0.1) is 0 Å². The van der Waals surface area contributed by atoms with Gasteiger partial charge in [0.15, 0.2) is 5.78 Å². The Morgan fingerprint density at radius 1 is 1.70 bits per heavy atom. The van der Waals surface area contributed by atoms with Gasteiger partial charge >= 0.3 is 0 Å². The maximum absolute atomic E-state index is 10.7. The summed E-state index contributed by atoms with van der Waals surface area (Å²) in [5.41, 5.74) is 6.00. The van der Waals surface area contributed by atoms with Crippen LogP contribution in [0.1, 0.15) is 20.3 Å². The van der Waals surface area contributed by atoms with Gasteiger partial charge in [-0.25, -0.2) is 0 Å². The molecule has 0 saturated carbocycles. The molecule has 0 aromatic heterocycles. The maximum atomic E-state index is 10.7. The van der Waals surface area contributed by atoms with Crippen LogP contribution in [0.3, 0.4) is 0 Å². The van der Waals surface area contributed by atoms with Crippen LogP contribution in [0.5, 0.6) is 0 Å². The van der Waals surface area contributed by atoms with Gasteiger partial charge in [-0.1, -0.05) is 13.5 Å². The number of hydrogen-bond donors (Lipinski definition) is 1. The van der Waals surface area contributed by atoms with Gasteiger partial charge in [-0.3, -0.25) is 4.79 Å². The van der Waals surface area contributed by atoms with Crippen LogP contribution in [0.2, 0.25) is 0 Å². The second-order valence-corrected chi connectivity index (χ2v) is 2.56. The minimum Gasteiger partial charge on any atom is -0.330 e. The summed E-state index contributed by atoms with van der Waals surface area (Å²) in [5, 5.41) is 0. The molecule has 0 aliphatic carbocycles. The van der Waals surface area contributed by atoms with Crippen molar-refractivity contribution in [3.63, 3.8) is 0 Å². The molecule has 10 heavy (non-hydrogen) atoms. The summed E-state index contributed by atoms with van der Waals surface area (Å²) in [5.74, 6) is 0.309. The van der Waals surface area contributed by atoms with E-state index in [1.807, 2.05) is 6.92 Å². The summed E-state index contributed by atoms with van der Waals surface area (Å²) in [6, 6.07) is 0. The van der Waals surface area contributed by atoms with E-state index < -0.39 is 0 Å². The molecule has 0 amide bonds. The van der Waals surface area contributed by atoms with Crippen LogP contribution < -0.4 is 5.73 Å². The first-order valence-corrected chi connectivity index (χ1v) is 3.49. The van der Waals surface area contributed by atoms with Crippen molar-refractivity contribution in [2.24, 2.45) is 11.7 Å². The Balaban J connectivity index is 3.82. The number of rotatable bonds is 4. The fourth-order valence-electron chi connectivity index (χ4n) is 0.771. The zero-order valence-electron chi connectivity index (χ0n) is 6.68. The van der Waals surface area contributed by atoms with Crippen LogP contribution >= 0.6 is 0 Å². The lowest BCUT2D eigenvalue weighted by Gasteiger charge is -2.09. The van der Waals surface area contributed by atoms with Crippen molar-refractivity contribution >= 4 is 5.78 Å². The number of allylic oxidation sites excluding steroid dienone is 1. The molecule has 1 unspecified atom stereocenters. The predicted octanol–water partition coefficient (Wildman–Crippen LogP) is 1.12. The first-order chi connectivity index (χ1) is 4.59. The predicted molar refractivity (Wildman–Crippen MR) is 42.7 cm³/mol. The van der Waals surface area contributed by atoms with E-state index in [1.165, 1.54) is 6.92 Å². The summed E-state index contributed by atoms with van der Waals surface area (Å²) in [7, 11) is 0. The molecule has 0 aromatic rings. The van der Waals surface area contributed by atoms with Gasteiger partial charge in [0, 0.05) is 0 Å². The zero-order valence-corrected chi connectivity index (χ0v) is 6.68. The highest BCUT2D eigenvalue weighted by Crippen LogP contribution is 2.11. The fraction of sp³-hybridized carbons (Fsp3) is 0.625. The molecule has 0 radical (unpaired) electrons. The van der Waals surface area contributed by atoms with E-state index in [2.05, 4.69) is 6.58 Å². The summed E-state index contributed by atoms with van der Waals surface area (Å²) in [4.78, 5) is 10.7. The van der Waals surface area contributed by atoms with Gasteiger partial charge in [0.25, 0.3) is 0 Å². The van der Waals surface area contributed by atoms with Crippen molar-refractivity contribution in [2.75, 3.05) is 6.54 Å². The smallest absolute Gasteiger partial charge is 0.155 e. The Hall–Kier alpha value is -0.630. The quantitative estimate of drug-likeness (QED) is 0.596. The van der Waals surface area contributed by atoms with Crippen molar-refractivity contribution in [1.82, 2.24) is 0 Å². The Morgan fingerprint density at radius 2 is 2.20 bits per heavy atom. The normalized spacial score (nSPS) is 12.7. The van der Waals surface area contributed by atoms with Crippen LogP contribution in [-0.2, 0) is 4.79 Å². The molecule has 2 nitrogen and oxygen atoms in total. The number of carbonyl (C=O) groups excluding carboxylic acids is 1. The lowest BCUT2D eigenvalue weighted by Crippen LogP contribution is -2.11. The van der Waals surface area contributed by atoms with Crippen LogP contribution in [0.25, 0.3) is 0 Å². The topological polar surface area (TPSA) is 43.1 Å². The Morgan fingerprint density at radius 3 is 2.50 bits per heavy atom. The van der Waals surface area contributed by atoms with Crippen LogP contribution in [0.15, 0.2) is 12.2 Å². The second-order valence-electron chi connectivity index (χ2n) is 2.56. The van der Waals surface area contributed by atoms with Crippen molar-refractivity contribution < 1.29 is 4.79 Å². The molecule has 0 spiro atoms. The molecule has 2 N–H and O–H groups in total. The number of nitrogens with two attached hydrogens (primary N) is 1. The second kappa shape index (κ2) is 4.23. The minimum absolute atomic E-state index is 0.0703. The Kier molecular flexibility index (Phi) is 3.96. The van der Waals surface area contributed by atoms with E-state index in [4.69, 9.17) is 5.73 Å². The lowest BCUT2D eigenvalue weighted by molar-refractivity contribution is -0.114. The van der Waals surface area contributed by atoms with Crippen LogP contribution in [0.4, 0.5) is 0 Å². The molecule has 0 rings (SSSR count). The molecule has 1 atom stereocenters. The highest BCUT2D eigenvalue weighted by molar-refractivity contribution is 5.92. The number of hydrogen-bond acceptors (Lipinski definition) is 2. The molecule has 58 valence electrons. The first kappa shape index (κ1) is 9.37. The van der Waals surface area contributed by atoms with Crippen molar-refractivity contribution in [2.45, 2.75) is 20.3 Å². The van der Waals surface area contributed by atoms with Crippen molar-refractivity contribution in [3.05, 3.63) is 12.2 Å². The SMILES string of the molecule is C=C(C(C)=O)C(C)CCN. The first-order valence-electron chi connectivity index (χ1n) is 3.49. The van der Waals surface area contributed by atoms with Gasteiger partial charge < -0.3 is 5.73 Å². The number of ketones is 1. The van der Waals surface area contributed by atoms with Gasteiger partial charge in [0.1, 0.15) is 0 Å². The average Bonchev–Trinajstić information content (AvgIpc) is 1.87. The Labute approximate surface area is 62.1 Å². The highest BCUT2D eigenvalue weighted by atomic mass is 16.1. The molecular weight excluding hydrogens is 126 g/mol. The zero-order chi connectivity index (χ0) is 8.15. The van der Waals surface area contributed by atoms with E-state index >= 15 is 0 Å².